The fraction of sp³-hybridized carbons (Fsp3) is 0.389. The quantitative estimate of drug-likeness (QED) is 0.505. The number of allylic oxidation sites excluding steroid dienone is 1. The Morgan fingerprint density at radius 3 is 2.73 bits per heavy atom. The number of nitrogens with one attached hydrogen (secondary N) is 2. The Hall–Kier alpha value is -3.05. The second-order valence-corrected chi connectivity index (χ2v) is 5.74. The van der Waals surface area contributed by atoms with Gasteiger partial charge in [0.05, 0.1) is 18.9 Å². The van der Waals surface area contributed by atoms with Crippen molar-refractivity contribution < 1.29 is 24.2 Å². The molecule has 1 aliphatic rings. The first-order valence-electron chi connectivity index (χ1n) is 8.24. The number of carbonyl (C=O) groups excluding carboxylic acids is 1. The van der Waals surface area contributed by atoms with Crippen LogP contribution in [0.4, 0.5) is 11.4 Å². The summed E-state index contributed by atoms with van der Waals surface area (Å²) >= 11 is 0. The highest BCUT2D eigenvalue weighted by Crippen LogP contribution is 2.31. The zero-order valence-corrected chi connectivity index (χ0v) is 14.7. The van der Waals surface area contributed by atoms with Gasteiger partial charge in [0.1, 0.15) is 17.9 Å². The molecular weight excluding hydrogens is 338 g/mol. The van der Waals surface area contributed by atoms with Crippen LogP contribution in [0.25, 0.3) is 0 Å². The molecule has 26 heavy (non-hydrogen) atoms. The zero-order valence-electron chi connectivity index (χ0n) is 14.7. The number of benzene rings is 1. The predicted molar refractivity (Wildman–Crippen MR) is 94.8 cm³/mol. The van der Waals surface area contributed by atoms with Crippen molar-refractivity contribution in [2.24, 2.45) is 0 Å². The number of carbonyl (C=O) groups is 2. The van der Waals surface area contributed by atoms with Crippen LogP contribution < -0.4 is 15.4 Å². The molecule has 1 fully saturated rings. The number of nitriles is 1. The maximum absolute atomic E-state index is 11.4. The number of hydrogen-bond acceptors (Lipinski definition) is 6. The van der Waals surface area contributed by atoms with E-state index in [0.717, 1.165) is 6.42 Å². The monoisotopic (exact) mass is 359 g/mol. The summed E-state index contributed by atoms with van der Waals surface area (Å²) in [6.45, 7) is 4.24. The predicted octanol–water partition coefficient (Wildman–Crippen LogP) is 2.50. The lowest BCUT2D eigenvalue weighted by atomic mass is 10.1. The summed E-state index contributed by atoms with van der Waals surface area (Å²) in [4.78, 5) is 22.6. The summed E-state index contributed by atoms with van der Waals surface area (Å²) in [5.41, 5.74) is 1.02. The Morgan fingerprint density at radius 1 is 1.42 bits per heavy atom. The number of anilines is 2. The smallest absolute Gasteiger partial charge is 0.348 e. The molecule has 0 radical (unpaired) electrons. The Morgan fingerprint density at radius 2 is 2.19 bits per heavy atom. The average molecular weight is 359 g/mol. The van der Waals surface area contributed by atoms with Gasteiger partial charge >= 0.3 is 5.97 Å². The maximum Gasteiger partial charge on any atom is 0.348 e. The molecule has 1 atom stereocenters. The molecule has 0 bridgehead atoms. The molecule has 1 saturated heterocycles. The third-order valence-electron chi connectivity index (χ3n) is 3.75. The summed E-state index contributed by atoms with van der Waals surface area (Å²) in [6.07, 6.45) is 0.970. The van der Waals surface area contributed by atoms with Gasteiger partial charge in [-0.1, -0.05) is 6.92 Å². The van der Waals surface area contributed by atoms with E-state index in [-0.39, 0.29) is 17.6 Å². The standard InChI is InChI=1S/C18H21N3O5/c1-3-15(14(9-19)18(23)24)21-12-4-5-16(20-11(2)22)17(8-12)26-13-6-7-25-10-13/h4-5,8,13,21H,3,6-7,10H2,1-2H3,(H,20,22)(H,23,24)/b15-14-/t13-/m1/s1. The maximum atomic E-state index is 11.4. The van der Waals surface area contributed by atoms with Gasteiger partial charge in [0.15, 0.2) is 5.57 Å². The summed E-state index contributed by atoms with van der Waals surface area (Å²) in [5.74, 6) is -1.07. The minimum absolute atomic E-state index is 0.118. The van der Waals surface area contributed by atoms with Crippen molar-refractivity contribution in [3.63, 3.8) is 0 Å². The molecule has 0 aliphatic carbocycles. The second kappa shape index (κ2) is 8.87. The van der Waals surface area contributed by atoms with E-state index in [1.165, 1.54) is 6.92 Å². The van der Waals surface area contributed by atoms with E-state index in [1.807, 2.05) is 0 Å². The van der Waals surface area contributed by atoms with Gasteiger partial charge in [-0.15, -0.1) is 0 Å². The van der Waals surface area contributed by atoms with E-state index in [1.54, 1.807) is 31.2 Å². The number of carboxylic acid groups (broad SMARTS) is 1. The van der Waals surface area contributed by atoms with E-state index in [0.29, 0.717) is 42.5 Å². The highest BCUT2D eigenvalue weighted by Gasteiger charge is 2.20. The molecule has 1 heterocycles. The largest absolute Gasteiger partial charge is 0.486 e. The zero-order chi connectivity index (χ0) is 19.1. The fourth-order valence-corrected chi connectivity index (χ4v) is 2.52. The SMILES string of the molecule is CC/C(Nc1ccc(NC(C)=O)c(O[C@@H]2CCOC2)c1)=C(\C#N)C(=O)O. The van der Waals surface area contributed by atoms with Crippen LogP contribution in [0.15, 0.2) is 29.5 Å². The number of ether oxygens (including phenoxy) is 2. The van der Waals surface area contributed by atoms with Crippen LogP contribution >= 0.6 is 0 Å². The molecule has 1 aliphatic heterocycles. The fourth-order valence-electron chi connectivity index (χ4n) is 2.52. The minimum atomic E-state index is -1.29. The molecule has 0 saturated carbocycles. The molecular formula is C18H21N3O5. The van der Waals surface area contributed by atoms with Gasteiger partial charge in [0, 0.05) is 30.8 Å². The van der Waals surface area contributed by atoms with Crippen LogP contribution in [0.3, 0.4) is 0 Å². The Balaban J connectivity index is 2.32. The van der Waals surface area contributed by atoms with Gasteiger partial charge in [-0.3, -0.25) is 4.79 Å². The molecule has 1 aromatic rings. The van der Waals surface area contributed by atoms with Gasteiger partial charge in [0.25, 0.3) is 0 Å². The molecule has 0 unspecified atom stereocenters. The number of amides is 1. The van der Waals surface area contributed by atoms with E-state index in [4.69, 9.17) is 19.8 Å². The number of rotatable bonds is 7. The molecule has 2 rings (SSSR count). The highest BCUT2D eigenvalue weighted by molar-refractivity contribution is 5.93. The summed E-state index contributed by atoms with van der Waals surface area (Å²) in [7, 11) is 0. The van der Waals surface area contributed by atoms with Crippen LogP contribution in [0.5, 0.6) is 5.75 Å². The van der Waals surface area contributed by atoms with E-state index in [9.17, 15) is 9.59 Å². The first-order valence-corrected chi connectivity index (χ1v) is 8.24. The van der Waals surface area contributed by atoms with Gasteiger partial charge in [-0.2, -0.15) is 5.26 Å². The molecule has 1 amide bonds. The van der Waals surface area contributed by atoms with Crippen molar-refractivity contribution in [1.82, 2.24) is 0 Å². The average Bonchev–Trinajstić information content (AvgIpc) is 3.09. The van der Waals surface area contributed by atoms with Gasteiger partial charge in [-0.05, 0) is 18.6 Å². The van der Waals surface area contributed by atoms with Crippen LogP contribution in [-0.2, 0) is 14.3 Å². The van der Waals surface area contributed by atoms with Crippen LogP contribution in [0, 0.1) is 11.3 Å². The van der Waals surface area contributed by atoms with E-state index in [2.05, 4.69) is 10.6 Å². The number of hydrogen-bond donors (Lipinski definition) is 3. The van der Waals surface area contributed by atoms with Crippen molar-refractivity contribution in [2.45, 2.75) is 32.8 Å². The van der Waals surface area contributed by atoms with E-state index < -0.39 is 5.97 Å². The van der Waals surface area contributed by atoms with Crippen LogP contribution in [0.2, 0.25) is 0 Å². The van der Waals surface area contributed by atoms with Crippen molar-refractivity contribution in [1.29, 1.82) is 5.26 Å². The number of aliphatic carboxylic acids is 1. The first kappa shape index (κ1) is 19.3. The lowest BCUT2D eigenvalue weighted by molar-refractivity contribution is -0.132. The Kier molecular flexibility index (Phi) is 6.58. The van der Waals surface area contributed by atoms with Crippen molar-refractivity contribution >= 4 is 23.3 Å². The third kappa shape index (κ3) is 4.97. The normalized spacial score (nSPS) is 17.0. The molecule has 0 aromatic heterocycles. The minimum Gasteiger partial charge on any atom is -0.486 e. The van der Waals surface area contributed by atoms with Gasteiger partial charge in [-0.25, -0.2) is 4.79 Å². The van der Waals surface area contributed by atoms with Crippen molar-refractivity contribution in [3.8, 4) is 11.8 Å². The first-order chi connectivity index (χ1) is 12.4. The molecule has 8 nitrogen and oxygen atoms in total. The topological polar surface area (TPSA) is 121 Å². The summed E-state index contributed by atoms with van der Waals surface area (Å²) < 4.78 is 11.2. The van der Waals surface area contributed by atoms with Crippen molar-refractivity contribution in [2.75, 3.05) is 23.8 Å². The van der Waals surface area contributed by atoms with Crippen molar-refractivity contribution in [3.05, 3.63) is 29.5 Å². The highest BCUT2D eigenvalue weighted by atomic mass is 16.5. The van der Waals surface area contributed by atoms with E-state index >= 15 is 0 Å². The third-order valence-corrected chi connectivity index (χ3v) is 3.75. The Labute approximate surface area is 151 Å². The number of carboxylic acids is 1. The van der Waals surface area contributed by atoms with Gasteiger partial charge < -0.3 is 25.2 Å². The molecule has 0 spiro atoms. The molecule has 1 aromatic carbocycles. The second-order valence-electron chi connectivity index (χ2n) is 5.74. The van der Waals surface area contributed by atoms with Gasteiger partial charge in [0.2, 0.25) is 5.91 Å². The lowest BCUT2D eigenvalue weighted by Gasteiger charge is -2.18. The molecule has 3 N–H and O–H groups in total. The van der Waals surface area contributed by atoms with Crippen LogP contribution in [-0.4, -0.2) is 36.3 Å². The lowest BCUT2D eigenvalue weighted by Crippen LogP contribution is -2.18. The summed E-state index contributed by atoms with van der Waals surface area (Å²) in [5, 5.41) is 23.8. The Bertz CT molecular complexity index is 761. The molecule has 138 valence electrons. The molecule has 8 heteroatoms. The van der Waals surface area contributed by atoms with Crippen LogP contribution in [0.1, 0.15) is 26.7 Å². The number of nitrogens with zero attached hydrogens (tertiary/aromatic N) is 1. The summed E-state index contributed by atoms with van der Waals surface area (Å²) in [6, 6.07) is 6.70.